The van der Waals surface area contributed by atoms with Crippen molar-refractivity contribution in [3.63, 3.8) is 0 Å². The second kappa shape index (κ2) is 8.66. The van der Waals surface area contributed by atoms with Crippen LogP contribution in [0.25, 0.3) is 0 Å². The van der Waals surface area contributed by atoms with E-state index in [4.69, 9.17) is 4.74 Å². The second-order valence-corrected chi connectivity index (χ2v) is 10.4. The normalized spacial score (nSPS) is 19.9. The second-order valence-electron chi connectivity index (χ2n) is 7.34. The maximum Gasteiger partial charge on any atom is 0.252 e. The molecule has 1 N–H and O–H groups in total. The van der Waals surface area contributed by atoms with Crippen LogP contribution in [0.2, 0.25) is 0 Å². The lowest BCUT2D eigenvalue weighted by Crippen LogP contribution is -2.40. The molecule has 0 radical (unpaired) electrons. The van der Waals surface area contributed by atoms with Crippen LogP contribution in [0.5, 0.6) is 0 Å². The zero-order chi connectivity index (χ0) is 21.3. The van der Waals surface area contributed by atoms with E-state index in [1.807, 2.05) is 0 Å². The van der Waals surface area contributed by atoms with Gasteiger partial charge in [-0.25, -0.2) is 12.8 Å². The Morgan fingerprint density at radius 3 is 2.73 bits per heavy atom. The average molecular weight is 451 g/mol. The highest BCUT2D eigenvalue weighted by atomic mass is 32.2. The molecule has 0 aromatic heterocycles. The van der Waals surface area contributed by atoms with E-state index in [2.05, 4.69) is 5.32 Å². The van der Waals surface area contributed by atoms with Crippen LogP contribution in [0, 0.1) is 12.7 Å². The number of benzene rings is 2. The number of hydrogen-bond donors (Lipinski definition) is 1. The summed E-state index contributed by atoms with van der Waals surface area (Å²) in [5.74, 6) is 0.109. The van der Waals surface area contributed by atoms with Gasteiger partial charge in [-0.3, -0.25) is 4.79 Å². The van der Waals surface area contributed by atoms with E-state index in [1.54, 1.807) is 30.8 Å². The number of nitrogens with one attached hydrogen (secondary N) is 1. The van der Waals surface area contributed by atoms with Crippen molar-refractivity contribution in [2.45, 2.75) is 29.2 Å². The zero-order valence-electron chi connectivity index (χ0n) is 16.6. The number of hydrogen-bond acceptors (Lipinski definition) is 5. The van der Waals surface area contributed by atoms with E-state index in [1.165, 1.54) is 28.6 Å². The van der Waals surface area contributed by atoms with E-state index in [-0.39, 0.29) is 22.7 Å². The Bertz CT molecular complexity index is 1070. The monoisotopic (exact) mass is 450 g/mol. The molecule has 2 heterocycles. The molecule has 2 aromatic carbocycles. The first kappa shape index (κ1) is 21.3. The number of thioether (sulfide) groups is 1. The van der Waals surface area contributed by atoms with Gasteiger partial charge in [-0.05, 0) is 54.8 Å². The van der Waals surface area contributed by atoms with E-state index in [0.29, 0.717) is 43.9 Å². The fourth-order valence-electron chi connectivity index (χ4n) is 3.69. The lowest BCUT2D eigenvalue weighted by atomic mass is 10.0. The van der Waals surface area contributed by atoms with Gasteiger partial charge in [-0.15, -0.1) is 11.8 Å². The molecule has 0 aliphatic carbocycles. The summed E-state index contributed by atoms with van der Waals surface area (Å²) in [6.07, 6.45) is 0.678. The third-order valence-corrected chi connectivity index (χ3v) is 8.40. The number of morpholine rings is 1. The lowest BCUT2D eigenvalue weighted by molar-refractivity contribution is 0.0730. The van der Waals surface area contributed by atoms with Gasteiger partial charge in [-0.1, -0.05) is 6.07 Å². The molecule has 1 atom stereocenters. The number of ether oxygens (including phenoxy) is 1. The van der Waals surface area contributed by atoms with Gasteiger partial charge in [0.05, 0.1) is 24.2 Å². The molecule has 1 saturated heterocycles. The van der Waals surface area contributed by atoms with Gasteiger partial charge in [0.25, 0.3) is 5.91 Å². The molecular formula is C21H23FN2O4S2. The lowest BCUT2D eigenvalue weighted by Gasteiger charge is -2.27. The van der Waals surface area contributed by atoms with Crippen LogP contribution in [-0.2, 0) is 14.8 Å². The minimum Gasteiger partial charge on any atom is -0.379 e. The summed E-state index contributed by atoms with van der Waals surface area (Å²) in [7, 11) is -3.70. The first-order valence-corrected chi connectivity index (χ1v) is 12.2. The highest BCUT2D eigenvalue weighted by Crippen LogP contribution is 2.36. The van der Waals surface area contributed by atoms with Crippen LogP contribution < -0.4 is 5.32 Å². The summed E-state index contributed by atoms with van der Waals surface area (Å²) in [5.41, 5.74) is 1.74. The highest BCUT2D eigenvalue weighted by Gasteiger charge is 2.28. The van der Waals surface area contributed by atoms with Crippen molar-refractivity contribution in [3.8, 4) is 0 Å². The first-order chi connectivity index (χ1) is 14.4. The third-order valence-electron chi connectivity index (χ3n) is 5.38. The maximum atomic E-state index is 13.8. The summed E-state index contributed by atoms with van der Waals surface area (Å²) in [4.78, 5) is 14.1. The molecule has 4 rings (SSSR count). The van der Waals surface area contributed by atoms with Crippen molar-refractivity contribution in [1.82, 2.24) is 9.62 Å². The Labute approximate surface area is 179 Å². The number of amides is 1. The molecule has 0 saturated carbocycles. The summed E-state index contributed by atoms with van der Waals surface area (Å²) < 4.78 is 46.3. The quantitative estimate of drug-likeness (QED) is 0.775. The molecule has 160 valence electrons. The zero-order valence-corrected chi connectivity index (χ0v) is 18.2. The van der Waals surface area contributed by atoms with Gasteiger partial charge in [0.2, 0.25) is 10.0 Å². The van der Waals surface area contributed by atoms with Crippen molar-refractivity contribution in [2.24, 2.45) is 0 Å². The number of carbonyl (C=O) groups is 1. The predicted molar refractivity (Wildman–Crippen MR) is 113 cm³/mol. The average Bonchev–Trinajstić information content (AvgIpc) is 2.75. The minimum atomic E-state index is -3.70. The maximum absolute atomic E-state index is 13.8. The van der Waals surface area contributed by atoms with Crippen LogP contribution in [0.3, 0.4) is 0 Å². The minimum absolute atomic E-state index is 0.0887. The van der Waals surface area contributed by atoms with Crippen LogP contribution in [0.15, 0.2) is 46.2 Å². The van der Waals surface area contributed by atoms with Gasteiger partial charge in [0, 0.05) is 29.3 Å². The summed E-state index contributed by atoms with van der Waals surface area (Å²) in [5, 5.41) is 2.97. The number of aryl methyl sites for hydroxylation is 1. The number of sulfonamides is 1. The van der Waals surface area contributed by atoms with Gasteiger partial charge in [0.1, 0.15) is 5.82 Å². The molecule has 2 aliphatic heterocycles. The first-order valence-electron chi connectivity index (χ1n) is 9.78. The largest absolute Gasteiger partial charge is 0.379 e. The van der Waals surface area contributed by atoms with E-state index >= 15 is 0 Å². The number of carbonyl (C=O) groups excluding carboxylic acids is 1. The van der Waals surface area contributed by atoms with Gasteiger partial charge >= 0.3 is 0 Å². The Morgan fingerprint density at radius 2 is 1.97 bits per heavy atom. The molecule has 2 aliphatic rings. The molecule has 9 heteroatoms. The van der Waals surface area contributed by atoms with Crippen molar-refractivity contribution in [1.29, 1.82) is 0 Å². The van der Waals surface area contributed by atoms with Crippen molar-refractivity contribution in [2.75, 3.05) is 32.1 Å². The number of halogens is 1. The number of rotatable bonds is 4. The van der Waals surface area contributed by atoms with Crippen LogP contribution >= 0.6 is 11.8 Å². The molecule has 6 nitrogen and oxygen atoms in total. The van der Waals surface area contributed by atoms with Crippen molar-refractivity contribution >= 4 is 27.7 Å². The van der Waals surface area contributed by atoms with Gasteiger partial charge in [-0.2, -0.15) is 4.31 Å². The van der Waals surface area contributed by atoms with E-state index in [9.17, 15) is 17.6 Å². The van der Waals surface area contributed by atoms with E-state index < -0.39 is 10.0 Å². The summed E-state index contributed by atoms with van der Waals surface area (Å²) >= 11 is 1.64. The molecule has 0 spiro atoms. The third kappa shape index (κ3) is 4.25. The number of nitrogens with zero attached hydrogens (tertiary/aromatic N) is 1. The van der Waals surface area contributed by atoms with Crippen LogP contribution in [0.4, 0.5) is 4.39 Å². The predicted octanol–water partition coefficient (Wildman–Crippen LogP) is 3.12. The van der Waals surface area contributed by atoms with E-state index in [0.717, 1.165) is 16.2 Å². The molecule has 0 bridgehead atoms. The fourth-order valence-corrected chi connectivity index (χ4v) is 6.23. The highest BCUT2D eigenvalue weighted by molar-refractivity contribution is 7.99. The topological polar surface area (TPSA) is 75.7 Å². The van der Waals surface area contributed by atoms with Crippen molar-refractivity contribution < 1.29 is 22.3 Å². The summed E-state index contributed by atoms with van der Waals surface area (Å²) in [6, 6.07) is 8.89. The molecule has 30 heavy (non-hydrogen) atoms. The molecule has 1 amide bonds. The molecule has 0 unspecified atom stereocenters. The standard InChI is InChI=1S/C21H23FN2O4S2/c1-14-2-4-16(30(26,27)24-7-9-28-10-8-24)13-17(14)21(25)23-19-6-11-29-20-5-3-15(22)12-18(19)20/h2-5,12-13,19H,6-11H2,1H3,(H,23,25)/t19-/m1/s1. The van der Waals surface area contributed by atoms with Crippen molar-refractivity contribution in [3.05, 3.63) is 58.9 Å². The molecular weight excluding hydrogens is 427 g/mol. The van der Waals surface area contributed by atoms with Gasteiger partial charge < -0.3 is 10.1 Å². The Hall–Kier alpha value is -1.94. The molecule has 1 fully saturated rings. The number of fused-ring (bicyclic) bond motifs is 1. The fraction of sp³-hybridized carbons (Fsp3) is 0.381. The van der Waals surface area contributed by atoms with Crippen LogP contribution in [0.1, 0.15) is 33.9 Å². The van der Waals surface area contributed by atoms with Gasteiger partial charge in [0.15, 0.2) is 0 Å². The Morgan fingerprint density at radius 1 is 1.20 bits per heavy atom. The SMILES string of the molecule is Cc1ccc(S(=O)(=O)N2CCOCC2)cc1C(=O)N[C@@H]1CCSc2ccc(F)cc21. The molecule has 2 aromatic rings. The Kier molecular flexibility index (Phi) is 6.15. The Balaban J connectivity index is 1.60. The summed E-state index contributed by atoms with van der Waals surface area (Å²) in [6.45, 7) is 3.06. The smallest absolute Gasteiger partial charge is 0.252 e. The van der Waals surface area contributed by atoms with Crippen LogP contribution in [-0.4, -0.2) is 50.7 Å².